The van der Waals surface area contributed by atoms with Crippen molar-refractivity contribution >= 4 is 0 Å². The van der Waals surface area contributed by atoms with E-state index < -0.39 is 0 Å². The molecule has 2 aromatic carbocycles. The third kappa shape index (κ3) is 2.46. The molecule has 0 bridgehead atoms. The number of benzene rings is 2. The minimum absolute atomic E-state index is 0.0228. The predicted molar refractivity (Wildman–Crippen MR) is 65.4 cm³/mol. The number of hydrogen-bond donors (Lipinski definition) is 3. The van der Waals surface area contributed by atoms with E-state index in [-0.39, 0.29) is 19.0 Å². The molecule has 0 radical (unpaired) electrons. The van der Waals surface area contributed by atoms with E-state index in [2.05, 4.69) is 0 Å². The third-order valence-electron chi connectivity index (χ3n) is 2.73. The van der Waals surface area contributed by atoms with Gasteiger partial charge in [0.25, 0.3) is 0 Å². The Labute approximate surface area is 99.6 Å². The quantitative estimate of drug-likeness (QED) is 0.756. The van der Waals surface area contributed by atoms with E-state index in [4.69, 9.17) is 10.2 Å². The summed E-state index contributed by atoms with van der Waals surface area (Å²) < 4.78 is 0. The topological polar surface area (TPSA) is 60.7 Å². The van der Waals surface area contributed by atoms with E-state index in [9.17, 15) is 5.11 Å². The monoisotopic (exact) mass is 230 g/mol. The molecule has 2 aromatic rings. The van der Waals surface area contributed by atoms with Crippen LogP contribution in [0.2, 0.25) is 0 Å². The normalized spacial score (nSPS) is 10.5. The Kier molecular flexibility index (Phi) is 3.42. The number of aliphatic hydroxyl groups excluding tert-OH is 2. The van der Waals surface area contributed by atoms with Crippen LogP contribution in [0.3, 0.4) is 0 Å². The van der Waals surface area contributed by atoms with E-state index in [1.54, 1.807) is 12.1 Å². The third-order valence-corrected chi connectivity index (χ3v) is 2.73. The molecule has 0 saturated heterocycles. The summed E-state index contributed by atoms with van der Waals surface area (Å²) in [5.74, 6) is 0.0937. The molecule has 0 aliphatic carbocycles. The molecule has 0 amide bonds. The van der Waals surface area contributed by atoms with Crippen LogP contribution in [-0.4, -0.2) is 15.3 Å². The number of hydrogen-bond acceptors (Lipinski definition) is 3. The van der Waals surface area contributed by atoms with Gasteiger partial charge < -0.3 is 15.3 Å². The summed E-state index contributed by atoms with van der Waals surface area (Å²) in [4.78, 5) is 0. The molecule has 88 valence electrons. The summed E-state index contributed by atoms with van der Waals surface area (Å²) in [6.45, 7) is -0.148. The first kappa shape index (κ1) is 11.6. The van der Waals surface area contributed by atoms with Gasteiger partial charge >= 0.3 is 0 Å². The average Bonchev–Trinajstić information content (AvgIpc) is 2.39. The molecule has 3 N–H and O–H groups in total. The van der Waals surface area contributed by atoms with Crippen LogP contribution in [-0.2, 0) is 13.2 Å². The van der Waals surface area contributed by atoms with Crippen LogP contribution in [0.4, 0.5) is 0 Å². The molecule has 3 heteroatoms. The molecule has 3 nitrogen and oxygen atoms in total. The summed E-state index contributed by atoms with van der Waals surface area (Å²) in [5.41, 5.74) is 3.21. The zero-order valence-corrected chi connectivity index (χ0v) is 9.30. The van der Waals surface area contributed by atoms with Crippen LogP contribution in [0.25, 0.3) is 11.1 Å². The summed E-state index contributed by atoms with van der Waals surface area (Å²) >= 11 is 0. The van der Waals surface area contributed by atoms with Crippen molar-refractivity contribution in [3.8, 4) is 16.9 Å². The van der Waals surface area contributed by atoms with Crippen molar-refractivity contribution in [3.05, 3.63) is 53.6 Å². The van der Waals surface area contributed by atoms with Crippen molar-refractivity contribution in [2.45, 2.75) is 13.2 Å². The predicted octanol–water partition coefficient (Wildman–Crippen LogP) is 2.04. The van der Waals surface area contributed by atoms with Gasteiger partial charge in [-0.05, 0) is 22.8 Å². The van der Waals surface area contributed by atoms with Crippen molar-refractivity contribution in [2.24, 2.45) is 0 Å². The molecular weight excluding hydrogens is 216 g/mol. The minimum atomic E-state index is -0.171. The van der Waals surface area contributed by atoms with E-state index in [1.807, 2.05) is 30.3 Å². The second kappa shape index (κ2) is 4.99. The first-order valence-corrected chi connectivity index (χ1v) is 5.37. The lowest BCUT2D eigenvalue weighted by Gasteiger charge is -2.06. The summed E-state index contributed by atoms with van der Waals surface area (Å²) in [7, 11) is 0. The van der Waals surface area contributed by atoms with Crippen molar-refractivity contribution in [1.82, 2.24) is 0 Å². The van der Waals surface area contributed by atoms with E-state index >= 15 is 0 Å². The fourth-order valence-corrected chi connectivity index (χ4v) is 1.68. The molecule has 0 unspecified atom stereocenters. The highest BCUT2D eigenvalue weighted by molar-refractivity contribution is 5.66. The van der Waals surface area contributed by atoms with Gasteiger partial charge in [-0.1, -0.05) is 36.4 Å². The Morgan fingerprint density at radius 1 is 0.765 bits per heavy atom. The van der Waals surface area contributed by atoms with Crippen LogP contribution >= 0.6 is 0 Å². The van der Waals surface area contributed by atoms with Gasteiger partial charge in [0.15, 0.2) is 0 Å². The number of phenols is 1. The Morgan fingerprint density at radius 3 is 1.94 bits per heavy atom. The lowest BCUT2D eigenvalue weighted by atomic mass is 10.0. The smallest absolute Gasteiger partial charge is 0.121 e. The molecule has 0 aliphatic rings. The van der Waals surface area contributed by atoms with Crippen molar-refractivity contribution < 1.29 is 15.3 Å². The van der Waals surface area contributed by atoms with Gasteiger partial charge in [-0.3, -0.25) is 0 Å². The molecular formula is C14H14O3. The zero-order chi connectivity index (χ0) is 12.3. The Hall–Kier alpha value is -1.84. The van der Waals surface area contributed by atoms with Gasteiger partial charge in [0.1, 0.15) is 5.75 Å². The summed E-state index contributed by atoms with van der Waals surface area (Å²) in [6.07, 6.45) is 0. The first-order chi connectivity index (χ1) is 8.24. The van der Waals surface area contributed by atoms with Crippen LogP contribution < -0.4 is 0 Å². The Bertz CT molecular complexity index is 503. The highest BCUT2D eigenvalue weighted by Gasteiger charge is 2.03. The maximum atomic E-state index is 9.65. The lowest BCUT2D eigenvalue weighted by molar-refractivity contribution is 0.275. The van der Waals surface area contributed by atoms with E-state index in [0.717, 1.165) is 16.7 Å². The largest absolute Gasteiger partial charge is 0.508 e. The average molecular weight is 230 g/mol. The molecule has 2 rings (SSSR count). The van der Waals surface area contributed by atoms with Gasteiger partial charge in [-0.2, -0.15) is 0 Å². The zero-order valence-electron chi connectivity index (χ0n) is 9.30. The number of aliphatic hydroxyl groups is 2. The molecule has 0 fully saturated rings. The SMILES string of the molecule is OCc1ccc(-c2ccc(CO)c(O)c2)cc1. The van der Waals surface area contributed by atoms with Crippen LogP contribution in [0.1, 0.15) is 11.1 Å². The number of rotatable bonds is 3. The molecule has 0 atom stereocenters. The van der Waals surface area contributed by atoms with Gasteiger partial charge in [0.2, 0.25) is 0 Å². The maximum absolute atomic E-state index is 9.65. The Balaban J connectivity index is 2.35. The second-order valence-corrected chi connectivity index (χ2v) is 3.86. The van der Waals surface area contributed by atoms with Gasteiger partial charge in [-0.15, -0.1) is 0 Å². The second-order valence-electron chi connectivity index (χ2n) is 3.86. The van der Waals surface area contributed by atoms with Crippen LogP contribution in [0.5, 0.6) is 5.75 Å². The van der Waals surface area contributed by atoms with Crippen LogP contribution in [0.15, 0.2) is 42.5 Å². The maximum Gasteiger partial charge on any atom is 0.121 e. The molecule has 0 spiro atoms. The van der Waals surface area contributed by atoms with Gasteiger partial charge in [0.05, 0.1) is 13.2 Å². The molecule has 0 saturated carbocycles. The standard InChI is InChI=1S/C14H14O3/c15-8-10-1-3-11(4-2-10)12-5-6-13(9-16)14(17)7-12/h1-7,15-17H,8-9H2. The van der Waals surface area contributed by atoms with E-state index in [1.165, 1.54) is 0 Å². The van der Waals surface area contributed by atoms with Crippen molar-refractivity contribution in [1.29, 1.82) is 0 Å². The fraction of sp³-hybridized carbons (Fsp3) is 0.143. The molecule has 0 heterocycles. The van der Waals surface area contributed by atoms with Gasteiger partial charge in [-0.25, -0.2) is 0 Å². The fourth-order valence-electron chi connectivity index (χ4n) is 1.68. The minimum Gasteiger partial charge on any atom is -0.508 e. The number of aromatic hydroxyl groups is 1. The van der Waals surface area contributed by atoms with Gasteiger partial charge in [0, 0.05) is 5.56 Å². The molecule has 17 heavy (non-hydrogen) atoms. The highest BCUT2D eigenvalue weighted by atomic mass is 16.3. The van der Waals surface area contributed by atoms with Crippen molar-refractivity contribution in [3.63, 3.8) is 0 Å². The van der Waals surface area contributed by atoms with E-state index in [0.29, 0.717) is 5.56 Å². The van der Waals surface area contributed by atoms with Crippen LogP contribution in [0, 0.1) is 0 Å². The van der Waals surface area contributed by atoms with Crippen molar-refractivity contribution in [2.75, 3.05) is 0 Å². The highest BCUT2D eigenvalue weighted by Crippen LogP contribution is 2.26. The lowest BCUT2D eigenvalue weighted by Crippen LogP contribution is -1.86. The molecule has 0 aliphatic heterocycles. The summed E-state index contributed by atoms with van der Waals surface area (Å²) in [6, 6.07) is 12.6. The first-order valence-electron chi connectivity index (χ1n) is 5.37. The summed E-state index contributed by atoms with van der Waals surface area (Å²) in [5, 5.41) is 27.6. The Morgan fingerprint density at radius 2 is 1.41 bits per heavy atom. The molecule has 0 aromatic heterocycles.